The van der Waals surface area contributed by atoms with E-state index >= 15 is 0 Å². The Balaban J connectivity index is 1.78. The molecule has 0 saturated carbocycles. The Morgan fingerprint density at radius 2 is 0.684 bits per heavy atom. The second-order valence-corrected chi connectivity index (χ2v) is 24.0. The Bertz CT molecular complexity index is 2040. The van der Waals surface area contributed by atoms with Crippen LogP contribution in [0.1, 0.15) is 162 Å². The van der Waals surface area contributed by atoms with Crippen LogP contribution in [0.3, 0.4) is 0 Å². The van der Waals surface area contributed by atoms with Crippen molar-refractivity contribution in [3.05, 3.63) is 172 Å². The summed E-state index contributed by atoms with van der Waals surface area (Å²) in [5.74, 6) is 2.52. The Hall–Kier alpha value is -3.71. The zero-order valence-electron chi connectivity index (χ0n) is 36.7. The van der Waals surface area contributed by atoms with Crippen LogP contribution in [0, 0.1) is 0 Å². The third-order valence-corrected chi connectivity index (χ3v) is 19.4. The molecule has 0 N–H and O–H groups in total. The summed E-state index contributed by atoms with van der Waals surface area (Å²) < 4.78 is 1.97. The van der Waals surface area contributed by atoms with Gasteiger partial charge in [0.15, 0.2) is 0 Å². The molecule has 6 aromatic rings. The SMILES string of the molecule is CC(C)c1cc(C(C)C)c(-c2cccc(-c3c(C(C)C)cc(C(C)C)cc3C(C)C)[c]2[Ge][C@H](c2ccccc2)P(c2ccccc2)c2ccccc2)c(C(C)C)c1. The summed E-state index contributed by atoms with van der Waals surface area (Å²) in [7, 11) is -0.729. The number of rotatable bonds is 14. The van der Waals surface area contributed by atoms with Crippen LogP contribution in [-0.2, 0) is 0 Å². The fraction of sp³-hybridized carbons (Fsp3) is 0.345. The number of hydrogen-bond acceptors (Lipinski definition) is 0. The van der Waals surface area contributed by atoms with Crippen LogP contribution >= 0.6 is 7.92 Å². The topological polar surface area (TPSA) is 0 Å². The summed E-state index contributed by atoms with van der Waals surface area (Å²) in [6.45, 7) is 28.6. The van der Waals surface area contributed by atoms with Gasteiger partial charge in [-0.15, -0.1) is 0 Å². The molecule has 6 aromatic carbocycles. The second-order valence-electron chi connectivity index (χ2n) is 17.8. The summed E-state index contributed by atoms with van der Waals surface area (Å²) in [5.41, 5.74) is 16.2. The van der Waals surface area contributed by atoms with Crippen molar-refractivity contribution in [3.8, 4) is 22.3 Å². The molecular formula is C55H65GeP. The van der Waals surface area contributed by atoms with Crippen molar-refractivity contribution in [2.75, 3.05) is 0 Å². The molecule has 0 heterocycles. The van der Waals surface area contributed by atoms with Gasteiger partial charge in [-0.25, -0.2) is 0 Å². The Morgan fingerprint density at radius 3 is 1.00 bits per heavy atom. The van der Waals surface area contributed by atoms with E-state index in [0.29, 0.717) is 40.0 Å². The monoisotopic (exact) mass is 830 g/mol. The predicted molar refractivity (Wildman–Crippen MR) is 255 cm³/mol. The van der Waals surface area contributed by atoms with Crippen molar-refractivity contribution in [2.45, 2.75) is 123 Å². The third-order valence-electron chi connectivity index (χ3n) is 11.6. The van der Waals surface area contributed by atoms with E-state index in [1.807, 2.05) is 0 Å². The maximum atomic E-state index is 2.55. The minimum atomic E-state index is -0.862. The van der Waals surface area contributed by atoms with Crippen molar-refractivity contribution in [2.24, 2.45) is 0 Å². The van der Waals surface area contributed by atoms with Gasteiger partial charge < -0.3 is 0 Å². The molecule has 294 valence electrons. The summed E-state index contributed by atoms with van der Waals surface area (Å²) in [5, 5.41) is 2.91. The van der Waals surface area contributed by atoms with Gasteiger partial charge in [-0.05, 0) is 0 Å². The average molecular weight is 830 g/mol. The Kier molecular flexibility index (Phi) is 14.2. The van der Waals surface area contributed by atoms with Crippen LogP contribution in [0.25, 0.3) is 22.3 Å². The van der Waals surface area contributed by atoms with Crippen LogP contribution in [0.2, 0.25) is 0 Å². The first-order chi connectivity index (χ1) is 27.3. The molecule has 0 saturated heterocycles. The molecule has 2 heteroatoms. The van der Waals surface area contributed by atoms with Crippen LogP contribution in [-0.4, -0.2) is 15.4 Å². The normalized spacial score (nSPS) is 12.6. The van der Waals surface area contributed by atoms with Crippen molar-refractivity contribution < 1.29 is 0 Å². The molecule has 0 amide bonds. The predicted octanol–water partition coefficient (Wildman–Crippen LogP) is 14.9. The number of hydrogen-bond donors (Lipinski definition) is 0. The van der Waals surface area contributed by atoms with Crippen LogP contribution in [0.4, 0.5) is 0 Å². The van der Waals surface area contributed by atoms with Crippen LogP contribution < -0.4 is 15.0 Å². The van der Waals surface area contributed by atoms with Crippen LogP contribution in [0.5, 0.6) is 0 Å². The molecular weight excluding hydrogens is 764 g/mol. The zero-order valence-corrected chi connectivity index (χ0v) is 39.7. The van der Waals surface area contributed by atoms with Gasteiger partial charge in [0, 0.05) is 0 Å². The van der Waals surface area contributed by atoms with Crippen molar-refractivity contribution in [1.29, 1.82) is 0 Å². The first-order valence-corrected chi connectivity index (χ1v) is 25.1. The van der Waals surface area contributed by atoms with Crippen molar-refractivity contribution in [1.82, 2.24) is 0 Å². The fourth-order valence-corrected chi connectivity index (χ4v) is 17.0. The van der Waals surface area contributed by atoms with Gasteiger partial charge >= 0.3 is 356 Å². The van der Waals surface area contributed by atoms with Crippen molar-refractivity contribution in [3.63, 3.8) is 0 Å². The molecule has 0 bridgehead atoms. The molecule has 0 spiro atoms. The summed E-state index contributed by atoms with van der Waals surface area (Å²) >= 11 is -0.862. The molecule has 2 radical (unpaired) electrons. The van der Waals surface area contributed by atoms with Crippen molar-refractivity contribution >= 4 is 38.4 Å². The maximum absolute atomic E-state index is 2.55. The summed E-state index contributed by atoms with van der Waals surface area (Å²) in [6.07, 6.45) is 0. The van der Waals surface area contributed by atoms with Gasteiger partial charge in [0.1, 0.15) is 0 Å². The summed E-state index contributed by atoms with van der Waals surface area (Å²) in [6, 6.07) is 52.1. The molecule has 6 rings (SSSR count). The van der Waals surface area contributed by atoms with E-state index in [4.69, 9.17) is 0 Å². The van der Waals surface area contributed by atoms with Crippen LogP contribution in [0.15, 0.2) is 133 Å². The second kappa shape index (κ2) is 18.9. The molecule has 0 aromatic heterocycles. The van der Waals surface area contributed by atoms with E-state index in [-0.39, 0.29) is 0 Å². The van der Waals surface area contributed by atoms with Gasteiger partial charge in [0.2, 0.25) is 0 Å². The third kappa shape index (κ3) is 9.45. The standard InChI is InChI=1S/C55H65GeP/c1-35(2)42-31-48(37(5)6)52(49(32-42)38(7)8)46-29-22-30-47(53-50(39(9)10)33-43(36(3)4)34-51(53)40(11)12)54(46)56-55(41-23-16-13-17-24-41)57(44-25-18-14-19-26-44)45-27-20-15-21-28-45/h13-40,55H,1-12H3/t55-/m0/s1. The van der Waals surface area contributed by atoms with Gasteiger partial charge in [-0.1, -0.05) is 0 Å². The molecule has 0 nitrogen and oxygen atoms in total. The van der Waals surface area contributed by atoms with Gasteiger partial charge in [-0.2, -0.15) is 0 Å². The Morgan fingerprint density at radius 1 is 0.351 bits per heavy atom. The van der Waals surface area contributed by atoms with E-state index in [2.05, 4.69) is 217 Å². The van der Waals surface area contributed by atoms with Gasteiger partial charge in [-0.3, -0.25) is 0 Å². The fourth-order valence-electron chi connectivity index (χ4n) is 8.35. The molecule has 0 aliphatic rings. The quantitative estimate of drug-likeness (QED) is 0.0758. The average Bonchev–Trinajstić information content (AvgIpc) is 3.20. The summed E-state index contributed by atoms with van der Waals surface area (Å²) in [4.78, 5) is 0. The molecule has 0 aliphatic carbocycles. The molecule has 0 unspecified atom stereocenters. The van der Waals surface area contributed by atoms with E-state index in [9.17, 15) is 0 Å². The van der Waals surface area contributed by atoms with E-state index in [1.165, 1.54) is 71.8 Å². The Labute approximate surface area is 354 Å². The van der Waals surface area contributed by atoms with E-state index in [0.717, 1.165) is 0 Å². The van der Waals surface area contributed by atoms with E-state index in [1.54, 1.807) is 4.40 Å². The van der Waals surface area contributed by atoms with Gasteiger partial charge in [0.25, 0.3) is 0 Å². The first-order valence-electron chi connectivity index (χ1n) is 21.5. The molecule has 57 heavy (non-hydrogen) atoms. The number of benzene rings is 6. The zero-order chi connectivity index (χ0) is 41.0. The first kappa shape index (κ1) is 42.9. The molecule has 0 aliphatic heterocycles. The molecule has 0 fully saturated rings. The minimum absolute atomic E-state index is 0.366. The van der Waals surface area contributed by atoms with E-state index < -0.39 is 23.4 Å². The van der Waals surface area contributed by atoms with Gasteiger partial charge in [0.05, 0.1) is 0 Å². The molecule has 1 atom stereocenters.